The molecule has 8 heteroatoms. The van der Waals surface area contributed by atoms with Gasteiger partial charge in [-0.05, 0) is 12.5 Å². The van der Waals surface area contributed by atoms with Gasteiger partial charge in [0, 0.05) is 25.1 Å². The Morgan fingerprint density at radius 1 is 1.35 bits per heavy atom. The van der Waals surface area contributed by atoms with Gasteiger partial charge in [0.2, 0.25) is 0 Å². The first kappa shape index (κ1) is 17.4. The summed E-state index contributed by atoms with van der Waals surface area (Å²) < 4.78 is 45.6. The number of alkyl halides is 3. The largest absolute Gasteiger partial charge is 0.493 e. The Morgan fingerprint density at radius 2 is 2.13 bits per heavy atom. The van der Waals surface area contributed by atoms with E-state index in [4.69, 9.17) is 4.74 Å². The van der Waals surface area contributed by atoms with Crippen molar-refractivity contribution in [1.29, 1.82) is 0 Å². The van der Waals surface area contributed by atoms with Crippen LogP contribution in [0.2, 0.25) is 0 Å². The molecule has 1 heterocycles. The van der Waals surface area contributed by atoms with Gasteiger partial charge in [-0.3, -0.25) is 0 Å². The number of urea groups is 1. The molecule has 0 radical (unpaired) electrons. The monoisotopic (exact) mass is 332 g/mol. The minimum absolute atomic E-state index is 0.0557. The van der Waals surface area contributed by atoms with Crippen LogP contribution in [0.5, 0.6) is 5.75 Å². The second-order valence-electron chi connectivity index (χ2n) is 5.15. The van der Waals surface area contributed by atoms with E-state index in [0.29, 0.717) is 19.4 Å². The van der Waals surface area contributed by atoms with Crippen molar-refractivity contribution in [2.24, 2.45) is 0 Å². The molecule has 1 aliphatic rings. The topological polar surface area (TPSA) is 59.6 Å². The lowest BCUT2D eigenvalue weighted by atomic mass is 10.0. The van der Waals surface area contributed by atoms with Crippen molar-refractivity contribution in [3.05, 3.63) is 29.8 Å². The molecule has 1 atom stereocenters. The number of hydrogen-bond acceptors (Lipinski definition) is 3. The summed E-state index contributed by atoms with van der Waals surface area (Å²) >= 11 is 0. The Labute approximate surface area is 132 Å². The minimum atomic E-state index is -4.32. The number of para-hydroxylation sites is 1. The van der Waals surface area contributed by atoms with Gasteiger partial charge < -0.3 is 20.1 Å². The van der Waals surface area contributed by atoms with Crippen molar-refractivity contribution in [3.8, 4) is 5.75 Å². The molecular weight excluding hydrogens is 313 g/mol. The standard InChI is InChI=1S/C15H19F3N2O3/c16-15(17,18)10-22-8-3-7-19-14(21)20-12-6-9-23-13-5-2-1-4-11(12)13/h1-2,4-5,12H,3,6-10H2,(H2,19,20,21). The molecule has 1 aliphatic heterocycles. The molecule has 0 saturated carbocycles. The number of carbonyl (C=O) groups excluding carboxylic acids is 1. The zero-order chi connectivity index (χ0) is 16.7. The summed E-state index contributed by atoms with van der Waals surface area (Å²) in [5.41, 5.74) is 0.919. The minimum Gasteiger partial charge on any atom is -0.493 e. The lowest BCUT2D eigenvalue weighted by Crippen LogP contribution is -2.40. The molecule has 0 saturated heterocycles. The van der Waals surface area contributed by atoms with E-state index in [1.54, 1.807) is 0 Å². The normalized spacial score (nSPS) is 17.1. The number of ether oxygens (including phenoxy) is 2. The third kappa shape index (κ3) is 5.97. The molecule has 1 aromatic rings. The zero-order valence-electron chi connectivity index (χ0n) is 12.5. The Morgan fingerprint density at radius 3 is 2.91 bits per heavy atom. The van der Waals surface area contributed by atoms with E-state index in [0.717, 1.165) is 11.3 Å². The zero-order valence-corrected chi connectivity index (χ0v) is 12.5. The maximum atomic E-state index is 11.9. The van der Waals surface area contributed by atoms with Crippen LogP contribution in [0.1, 0.15) is 24.4 Å². The molecule has 2 rings (SSSR count). The highest BCUT2D eigenvalue weighted by Gasteiger charge is 2.27. The molecule has 1 unspecified atom stereocenters. The van der Waals surface area contributed by atoms with Crippen LogP contribution in [0.3, 0.4) is 0 Å². The van der Waals surface area contributed by atoms with Crippen LogP contribution in [0.4, 0.5) is 18.0 Å². The molecule has 1 aromatic carbocycles. The fourth-order valence-electron chi connectivity index (χ4n) is 2.27. The quantitative estimate of drug-likeness (QED) is 0.788. The van der Waals surface area contributed by atoms with Gasteiger partial charge in [0.1, 0.15) is 12.4 Å². The van der Waals surface area contributed by atoms with E-state index in [9.17, 15) is 18.0 Å². The predicted octanol–water partition coefficient (Wildman–Crippen LogP) is 2.78. The molecule has 0 spiro atoms. The first-order chi connectivity index (χ1) is 11.0. The van der Waals surface area contributed by atoms with Crippen LogP contribution in [0.15, 0.2) is 24.3 Å². The molecule has 0 fully saturated rings. The third-order valence-corrected chi connectivity index (χ3v) is 3.28. The van der Waals surface area contributed by atoms with Crippen LogP contribution in [-0.4, -0.2) is 38.6 Å². The van der Waals surface area contributed by atoms with E-state index in [2.05, 4.69) is 15.4 Å². The van der Waals surface area contributed by atoms with Gasteiger partial charge >= 0.3 is 12.2 Å². The molecule has 128 valence electrons. The Bertz CT molecular complexity index is 523. The summed E-state index contributed by atoms with van der Waals surface area (Å²) in [6.07, 6.45) is -3.34. The van der Waals surface area contributed by atoms with Gasteiger partial charge in [0.25, 0.3) is 0 Å². The average molecular weight is 332 g/mol. The number of nitrogens with one attached hydrogen (secondary N) is 2. The van der Waals surface area contributed by atoms with Crippen molar-refractivity contribution < 1.29 is 27.4 Å². The number of benzene rings is 1. The van der Waals surface area contributed by atoms with Gasteiger partial charge in [-0.15, -0.1) is 0 Å². The number of halogens is 3. The lowest BCUT2D eigenvalue weighted by Gasteiger charge is -2.26. The van der Waals surface area contributed by atoms with Crippen LogP contribution < -0.4 is 15.4 Å². The van der Waals surface area contributed by atoms with E-state index in [1.165, 1.54) is 0 Å². The molecule has 23 heavy (non-hydrogen) atoms. The maximum Gasteiger partial charge on any atom is 0.411 e. The fraction of sp³-hybridized carbons (Fsp3) is 0.533. The lowest BCUT2D eigenvalue weighted by molar-refractivity contribution is -0.173. The van der Waals surface area contributed by atoms with E-state index in [1.807, 2.05) is 24.3 Å². The van der Waals surface area contributed by atoms with Crippen LogP contribution in [0.25, 0.3) is 0 Å². The second kappa shape index (κ2) is 8.05. The van der Waals surface area contributed by atoms with Crippen LogP contribution >= 0.6 is 0 Å². The Kier molecular flexibility index (Phi) is 6.09. The summed E-state index contributed by atoms with van der Waals surface area (Å²) in [5, 5.41) is 5.45. The molecule has 5 nitrogen and oxygen atoms in total. The SMILES string of the molecule is O=C(NCCCOCC(F)(F)F)NC1CCOc2ccccc21. The average Bonchev–Trinajstić information content (AvgIpc) is 2.50. The van der Waals surface area contributed by atoms with Crippen molar-refractivity contribution in [1.82, 2.24) is 10.6 Å². The number of hydrogen-bond donors (Lipinski definition) is 2. The smallest absolute Gasteiger partial charge is 0.411 e. The molecule has 0 aliphatic carbocycles. The fourth-order valence-corrected chi connectivity index (χ4v) is 2.27. The number of fused-ring (bicyclic) bond motifs is 1. The first-order valence-corrected chi connectivity index (χ1v) is 7.36. The van der Waals surface area contributed by atoms with Gasteiger partial charge in [0.05, 0.1) is 12.6 Å². The molecule has 0 bridgehead atoms. The highest BCUT2D eigenvalue weighted by molar-refractivity contribution is 5.74. The van der Waals surface area contributed by atoms with Crippen LogP contribution in [-0.2, 0) is 4.74 Å². The van der Waals surface area contributed by atoms with Gasteiger partial charge in [-0.25, -0.2) is 4.79 Å². The Hall–Kier alpha value is -1.96. The summed E-state index contributed by atoms with van der Waals surface area (Å²) in [5.74, 6) is 0.754. The highest BCUT2D eigenvalue weighted by Crippen LogP contribution is 2.31. The number of rotatable bonds is 6. The molecule has 2 N–H and O–H groups in total. The van der Waals surface area contributed by atoms with Crippen LogP contribution in [0, 0.1) is 0 Å². The third-order valence-electron chi connectivity index (χ3n) is 3.28. The highest BCUT2D eigenvalue weighted by atomic mass is 19.4. The van der Waals surface area contributed by atoms with E-state index < -0.39 is 12.8 Å². The summed E-state index contributed by atoms with van der Waals surface area (Å²) in [4.78, 5) is 11.8. The second-order valence-corrected chi connectivity index (χ2v) is 5.15. The maximum absolute atomic E-state index is 11.9. The first-order valence-electron chi connectivity index (χ1n) is 7.36. The number of carbonyl (C=O) groups is 1. The van der Waals surface area contributed by atoms with Gasteiger partial charge in [-0.2, -0.15) is 13.2 Å². The molecule has 2 amide bonds. The van der Waals surface area contributed by atoms with Gasteiger partial charge in [-0.1, -0.05) is 18.2 Å². The van der Waals surface area contributed by atoms with Crippen molar-refractivity contribution in [2.45, 2.75) is 25.1 Å². The summed E-state index contributed by atoms with van der Waals surface area (Å²) in [6, 6.07) is 6.98. The summed E-state index contributed by atoms with van der Waals surface area (Å²) in [6.45, 7) is -0.556. The van der Waals surface area contributed by atoms with E-state index >= 15 is 0 Å². The Balaban J connectivity index is 1.66. The molecule has 0 aromatic heterocycles. The summed E-state index contributed by atoms with van der Waals surface area (Å²) in [7, 11) is 0. The van der Waals surface area contributed by atoms with Crippen molar-refractivity contribution in [2.75, 3.05) is 26.4 Å². The van der Waals surface area contributed by atoms with E-state index in [-0.39, 0.29) is 25.2 Å². The number of amides is 2. The molecular formula is C15H19F3N2O3. The van der Waals surface area contributed by atoms with Crippen molar-refractivity contribution in [3.63, 3.8) is 0 Å². The van der Waals surface area contributed by atoms with Crippen molar-refractivity contribution >= 4 is 6.03 Å². The predicted molar refractivity (Wildman–Crippen MR) is 77.3 cm³/mol. The van der Waals surface area contributed by atoms with Gasteiger partial charge in [0.15, 0.2) is 0 Å².